The summed E-state index contributed by atoms with van der Waals surface area (Å²) in [7, 11) is 0. The van der Waals surface area contributed by atoms with Crippen molar-refractivity contribution in [3.63, 3.8) is 0 Å². The molecule has 0 saturated carbocycles. The van der Waals surface area contributed by atoms with Gasteiger partial charge in [0.25, 0.3) is 0 Å². The normalized spacial score (nSPS) is 10.4. The molecule has 0 heterocycles. The molecule has 0 unspecified atom stereocenters. The van der Waals surface area contributed by atoms with Crippen LogP contribution in [0, 0.1) is 0 Å². The zero-order valence-electron chi connectivity index (χ0n) is 16.4. The van der Waals surface area contributed by atoms with E-state index in [1.165, 1.54) is 0 Å². The lowest BCUT2D eigenvalue weighted by molar-refractivity contribution is 1.48. The fourth-order valence-corrected chi connectivity index (χ4v) is 3.21. The van der Waals surface area contributed by atoms with Crippen molar-refractivity contribution in [3.8, 4) is 0 Å². The number of nitrogens with one attached hydrogen (secondary N) is 3. The Kier molecular flexibility index (Phi) is 5.30. The van der Waals surface area contributed by atoms with Crippen molar-refractivity contribution in [2.75, 3.05) is 33.2 Å². The molecule has 0 aliphatic carbocycles. The Bertz CT molecular complexity index is 961. The van der Waals surface area contributed by atoms with Crippen LogP contribution < -0.4 is 33.2 Å². The summed E-state index contributed by atoms with van der Waals surface area (Å²) in [6.07, 6.45) is 0. The smallest absolute Gasteiger partial charge is 0.0896 e. The van der Waals surface area contributed by atoms with Gasteiger partial charge in [0, 0.05) is 17.1 Å². The van der Waals surface area contributed by atoms with Crippen LogP contribution in [-0.4, -0.2) is 0 Å². The van der Waals surface area contributed by atoms with Gasteiger partial charge in [-0.05, 0) is 36.4 Å². The molecule has 0 aliphatic rings. The number of benzene rings is 4. The predicted octanol–water partition coefficient (Wildman–Crippen LogP) is 5.66. The van der Waals surface area contributed by atoms with Crippen molar-refractivity contribution >= 4 is 51.2 Å². The molecule has 0 atom stereocenters. The number of para-hydroxylation sites is 3. The summed E-state index contributed by atoms with van der Waals surface area (Å²) in [5.74, 6) is 0. The van der Waals surface area contributed by atoms with Crippen LogP contribution in [0.5, 0.6) is 0 Å². The second-order valence-electron chi connectivity index (χ2n) is 6.84. The van der Waals surface area contributed by atoms with Crippen molar-refractivity contribution < 1.29 is 0 Å². The molecule has 0 amide bonds. The molecule has 0 spiro atoms. The van der Waals surface area contributed by atoms with Gasteiger partial charge in [-0.1, -0.05) is 54.6 Å². The molecule has 0 bridgehead atoms. The third-order valence-corrected chi connectivity index (χ3v) is 4.75. The van der Waals surface area contributed by atoms with Crippen molar-refractivity contribution in [2.24, 2.45) is 0 Å². The van der Waals surface area contributed by atoms with Gasteiger partial charge in [0.05, 0.1) is 34.1 Å². The number of anilines is 9. The van der Waals surface area contributed by atoms with Gasteiger partial charge >= 0.3 is 0 Å². The molecule has 4 aromatic carbocycles. The number of nitrogens with two attached hydrogens (primary N) is 3. The van der Waals surface area contributed by atoms with Gasteiger partial charge in [-0.15, -0.1) is 0 Å². The van der Waals surface area contributed by atoms with Crippen molar-refractivity contribution in [1.82, 2.24) is 0 Å². The maximum absolute atomic E-state index is 6.53. The zero-order valence-corrected chi connectivity index (χ0v) is 16.4. The maximum Gasteiger partial charge on any atom is 0.0896 e. The minimum Gasteiger partial charge on any atom is -0.395 e. The number of hydrogen-bond donors (Lipinski definition) is 6. The lowest BCUT2D eigenvalue weighted by atomic mass is 10.1. The van der Waals surface area contributed by atoms with E-state index in [1.54, 1.807) is 0 Å². The fraction of sp³-hybridized carbons (Fsp3) is 0. The second-order valence-corrected chi connectivity index (χ2v) is 6.84. The Balaban J connectivity index is 1.83. The number of rotatable bonds is 6. The molecule has 0 aliphatic heterocycles. The summed E-state index contributed by atoms with van der Waals surface area (Å²) >= 11 is 0. The largest absolute Gasteiger partial charge is 0.395 e. The van der Waals surface area contributed by atoms with E-state index in [0.717, 1.165) is 17.1 Å². The molecule has 30 heavy (non-hydrogen) atoms. The second kappa shape index (κ2) is 8.36. The number of nitrogen functional groups attached to an aromatic ring is 3. The molecule has 0 aromatic heterocycles. The lowest BCUT2D eigenvalue weighted by Crippen LogP contribution is -2.11. The third-order valence-electron chi connectivity index (χ3n) is 4.75. The van der Waals surface area contributed by atoms with Crippen LogP contribution in [0.25, 0.3) is 0 Å². The van der Waals surface area contributed by atoms with Crippen LogP contribution in [0.15, 0.2) is 91.0 Å². The predicted molar refractivity (Wildman–Crippen MR) is 129 cm³/mol. The van der Waals surface area contributed by atoms with Gasteiger partial charge in [0.2, 0.25) is 0 Å². The van der Waals surface area contributed by atoms with Crippen LogP contribution in [0.3, 0.4) is 0 Å². The van der Waals surface area contributed by atoms with Gasteiger partial charge in [-0.25, -0.2) is 0 Å². The molecule has 0 radical (unpaired) electrons. The van der Waals surface area contributed by atoms with E-state index in [0.29, 0.717) is 34.1 Å². The van der Waals surface area contributed by atoms with E-state index in [4.69, 9.17) is 17.2 Å². The van der Waals surface area contributed by atoms with Crippen LogP contribution in [0.2, 0.25) is 0 Å². The Morgan fingerprint density at radius 3 is 0.833 bits per heavy atom. The summed E-state index contributed by atoms with van der Waals surface area (Å²) in [6.45, 7) is 0. The highest BCUT2D eigenvalue weighted by molar-refractivity contribution is 6.08. The van der Waals surface area contributed by atoms with E-state index in [1.807, 2.05) is 91.0 Å². The molecule has 0 saturated heterocycles. The minimum absolute atomic E-state index is 0.441. The molecule has 6 heteroatoms. The SMILES string of the molecule is Nc1c(Nc2ccccc2)c(N)c(Nc2ccccc2)c(N)c1Nc1ccccc1. The summed E-state index contributed by atoms with van der Waals surface area (Å²) < 4.78 is 0. The van der Waals surface area contributed by atoms with E-state index >= 15 is 0 Å². The zero-order chi connectivity index (χ0) is 20.9. The van der Waals surface area contributed by atoms with Crippen molar-refractivity contribution in [1.29, 1.82) is 0 Å². The molecule has 9 N–H and O–H groups in total. The highest BCUT2D eigenvalue weighted by atomic mass is 15.0. The fourth-order valence-electron chi connectivity index (χ4n) is 3.21. The van der Waals surface area contributed by atoms with Crippen LogP contribution in [-0.2, 0) is 0 Å². The van der Waals surface area contributed by atoms with E-state index in [-0.39, 0.29) is 0 Å². The first-order valence-electron chi connectivity index (χ1n) is 9.60. The summed E-state index contributed by atoms with van der Waals surface area (Å²) in [6, 6.07) is 29.2. The average molecular weight is 396 g/mol. The van der Waals surface area contributed by atoms with Gasteiger partial charge in [-0.3, -0.25) is 0 Å². The molecule has 4 rings (SSSR count). The molecule has 6 nitrogen and oxygen atoms in total. The highest BCUT2D eigenvalue weighted by Gasteiger charge is 2.20. The molecule has 0 fully saturated rings. The molecular formula is C24H24N6. The van der Waals surface area contributed by atoms with Crippen LogP contribution in [0.4, 0.5) is 51.2 Å². The van der Waals surface area contributed by atoms with Crippen LogP contribution in [0.1, 0.15) is 0 Å². The molecular weight excluding hydrogens is 372 g/mol. The quantitative estimate of drug-likeness (QED) is 0.234. The Hall–Kier alpha value is -4.32. The third kappa shape index (κ3) is 3.93. The summed E-state index contributed by atoms with van der Waals surface area (Å²) in [4.78, 5) is 0. The summed E-state index contributed by atoms with van der Waals surface area (Å²) in [5, 5.41) is 10.0. The van der Waals surface area contributed by atoms with Gasteiger partial charge in [0.15, 0.2) is 0 Å². The van der Waals surface area contributed by atoms with E-state index < -0.39 is 0 Å². The average Bonchev–Trinajstić information content (AvgIpc) is 2.79. The minimum atomic E-state index is 0.441. The van der Waals surface area contributed by atoms with Gasteiger partial charge in [0.1, 0.15) is 0 Å². The first kappa shape index (κ1) is 19.0. The Morgan fingerprint density at radius 2 is 0.600 bits per heavy atom. The monoisotopic (exact) mass is 396 g/mol. The first-order valence-corrected chi connectivity index (χ1v) is 9.60. The van der Waals surface area contributed by atoms with Crippen molar-refractivity contribution in [3.05, 3.63) is 91.0 Å². The molecule has 4 aromatic rings. The highest BCUT2D eigenvalue weighted by Crippen LogP contribution is 2.48. The van der Waals surface area contributed by atoms with E-state index in [9.17, 15) is 0 Å². The Labute approximate surface area is 175 Å². The van der Waals surface area contributed by atoms with Gasteiger partial charge < -0.3 is 33.2 Å². The lowest BCUT2D eigenvalue weighted by Gasteiger charge is -2.23. The van der Waals surface area contributed by atoms with E-state index in [2.05, 4.69) is 16.0 Å². The first-order chi connectivity index (χ1) is 14.6. The van der Waals surface area contributed by atoms with Crippen molar-refractivity contribution in [2.45, 2.75) is 0 Å². The van der Waals surface area contributed by atoms with Gasteiger partial charge in [-0.2, -0.15) is 0 Å². The Morgan fingerprint density at radius 1 is 0.367 bits per heavy atom. The number of hydrogen-bond acceptors (Lipinski definition) is 6. The standard InChI is InChI=1S/C24H24N6/c25-19-22(28-16-10-4-1-5-11-16)20(26)24(30-18-14-8-3-9-15-18)21(27)23(19)29-17-12-6-2-7-13-17/h1-15,28-30H,25-27H2. The maximum atomic E-state index is 6.53. The summed E-state index contributed by atoms with van der Waals surface area (Å²) in [5.41, 5.74) is 25.3. The van der Waals surface area contributed by atoms with Crippen LogP contribution >= 0.6 is 0 Å². The molecule has 150 valence electrons. The topological polar surface area (TPSA) is 114 Å².